The van der Waals surface area contributed by atoms with E-state index >= 15 is 0 Å². The number of hydrogen-bond acceptors (Lipinski definition) is 7. The SMILES string of the molecule is CC#CC1(F)C(n2ncc(N)nc2=O)OC(CO)[C@@H]1O. The first kappa shape index (κ1) is 14.4. The van der Waals surface area contributed by atoms with Crippen molar-refractivity contribution in [3.8, 4) is 11.8 Å². The summed E-state index contributed by atoms with van der Waals surface area (Å²) in [6.45, 7) is 0.737. The van der Waals surface area contributed by atoms with E-state index in [1.54, 1.807) is 0 Å². The molecule has 1 aliphatic heterocycles. The van der Waals surface area contributed by atoms with Gasteiger partial charge in [0, 0.05) is 0 Å². The second-order valence-corrected chi connectivity index (χ2v) is 4.21. The Morgan fingerprint density at radius 1 is 1.70 bits per heavy atom. The molecule has 0 aromatic carbocycles. The third-order valence-electron chi connectivity index (χ3n) is 2.90. The molecule has 3 unspecified atom stereocenters. The molecule has 2 heterocycles. The predicted octanol–water partition coefficient (Wildman–Crippen LogP) is -1.80. The standard InChI is InChI=1S/C11H13FN4O4/c1-2-3-11(12)8(18)6(5-17)20-9(11)16-10(19)15-7(13)4-14-16/h4,6,8-9,17-18H,5H2,1H3,(H2,13,15,19)/t6?,8-,9?,11?/m0/s1. The fourth-order valence-corrected chi connectivity index (χ4v) is 1.98. The first-order chi connectivity index (χ1) is 9.43. The lowest BCUT2D eigenvalue weighted by atomic mass is 9.97. The molecule has 0 aliphatic carbocycles. The highest BCUT2D eigenvalue weighted by atomic mass is 19.1. The van der Waals surface area contributed by atoms with Gasteiger partial charge in [-0.3, -0.25) is 0 Å². The molecular formula is C11H13FN4O4. The quantitative estimate of drug-likeness (QED) is 0.547. The second-order valence-electron chi connectivity index (χ2n) is 4.21. The zero-order valence-electron chi connectivity index (χ0n) is 10.5. The number of nitrogens with two attached hydrogens (primary N) is 1. The lowest BCUT2D eigenvalue weighted by Crippen LogP contribution is -2.45. The fraction of sp³-hybridized carbons (Fsp3) is 0.545. The number of halogens is 1. The molecule has 8 nitrogen and oxygen atoms in total. The maximum atomic E-state index is 14.9. The largest absolute Gasteiger partial charge is 0.394 e. The second kappa shape index (κ2) is 5.16. The van der Waals surface area contributed by atoms with Crippen LogP contribution < -0.4 is 11.4 Å². The zero-order valence-corrected chi connectivity index (χ0v) is 10.5. The summed E-state index contributed by atoms with van der Waals surface area (Å²) in [7, 11) is 0. The van der Waals surface area contributed by atoms with E-state index in [2.05, 4.69) is 21.9 Å². The molecule has 0 saturated carbocycles. The van der Waals surface area contributed by atoms with Crippen LogP contribution >= 0.6 is 0 Å². The predicted molar refractivity (Wildman–Crippen MR) is 65.0 cm³/mol. The summed E-state index contributed by atoms with van der Waals surface area (Å²) in [4.78, 5) is 15.1. The number of aliphatic hydroxyl groups is 2. The van der Waals surface area contributed by atoms with Crippen LogP contribution in [-0.4, -0.2) is 49.5 Å². The molecule has 0 amide bonds. The van der Waals surface area contributed by atoms with Crippen LogP contribution in [0.2, 0.25) is 0 Å². The third-order valence-corrected chi connectivity index (χ3v) is 2.90. The summed E-state index contributed by atoms with van der Waals surface area (Å²) < 4.78 is 20.6. The number of alkyl halides is 1. The van der Waals surface area contributed by atoms with E-state index in [1.807, 2.05) is 0 Å². The van der Waals surface area contributed by atoms with E-state index < -0.39 is 36.4 Å². The van der Waals surface area contributed by atoms with E-state index in [0.717, 1.165) is 6.20 Å². The van der Waals surface area contributed by atoms with Gasteiger partial charge in [0.15, 0.2) is 0 Å². The van der Waals surface area contributed by atoms with Gasteiger partial charge in [0.1, 0.15) is 18.0 Å². The molecule has 0 spiro atoms. The monoisotopic (exact) mass is 284 g/mol. The normalized spacial score (nSPS) is 32.7. The van der Waals surface area contributed by atoms with Gasteiger partial charge in [-0.2, -0.15) is 14.8 Å². The zero-order chi connectivity index (χ0) is 14.9. The minimum atomic E-state index is -2.59. The van der Waals surface area contributed by atoms with Gasteiger partial charge in [-0.15, -0.1) is 5.92 Å². The summed E-state index contributed by atoms with van der Waals surface area (Å²) in [5.41, 5.74) is 1.76. The molecule has 4 atom stereocenters. The number of ether oxygens (including phenoxy) is 1. The van der Waals surface area contributed by atoms with Crippen LogP contribution in [0.5, 0.6) is 0 Å². The van der Waals surface area contributed by atoms with Crippen molar-refractivity contribution in [2.24, 2.45) is 0 Å². The highest BCUT2D eigenvalue weighted by Crippen LogP contribution is 2.40. The first-order valence-electron chi connectivity index (χ1n) is 5.72. The number of anilines is 1. The summed E-state index contributed by atoms with van der Waals surface area (Å²) >= 11 is 0. The lowest BCUT2D eigenvalue weighted by Gasteiger charge is -2.22. The van der Waals surface area contributed by atoms with E-state index in [0.29, 0.717) is 4.68 Å². The summed E-state index contributed by atoms with van der Waals surface area (Å²) in [6.07, 6.45) is -3.53. The average molecular weight is 284 g/mol. The molecule has 1 aromatic heterocycles. The van der Waals surface area contributed by atoms with Gasteiger partial charge in [0.2, 0.25) is 11.9 Å². The van der Waals surface area contributed by atoms with Crippen molar-refractivity contribution in [3.05, 3.63) is 16.7 Å². The highest BCUT2D eigenvalue weighted by molar-refractivity contribution is 5.23. The lowest BCUT2D eigenvalue weighted by molar-refractivity contribution is -0.0610. The Balaban J connectivity index is 2.52. The van der Waals surface area contributed by atoms with Crippen LogP contribution in [0.25, 0.3) is 0 Å². The number of aliphatic hydroxyl groups excluding tert-OH is 2. The van der Waals surface area contributed by atoms with Gasteiger partial charge in [0.25, 0.3) is 0 Å². The number of nitrogen functional groups attached to an aromatic ring is 1. The number of nitrogens with zero attached hydrogens (tertiary/aromatic N) is 3. The van der Waals surface area contributed by atoms with Crippen LogP contribution in [0.3, 0.4) is 0 Å². The molecule has 1 aromatic rings. The van der Waals surface area contributed by atoms with Crippen molar-refractivity contribution in [3.63, 3.8) is 0 Å². The van der Waals surface area contributed by atoms with Crippen molar-refractivity contribution in [2.75, 3.05) is 12.3 Å². The maximum Gasteiger partial charge on any atom is 0.368 e. The van der Waals surface area contributed by atoms with Crippen LogP contribution in [0.4, 0.5) is 10.2 Å². The van der Waals surface area contributed by atoms with Crippen molar-refractivity contribution < 1.29 is 19.3 Å². The van der Waals surface area contributed by atoms with Gasteiger partial charge in [-0.1, -0.05) is 5.92 Å². The molecule has 0 radical (unpaired) electrons. The maximum absolute atomic E-state index is 14.9. The van der Waals surface area contributed by atoms with Crippen LogP contribution in [0.15, 0.2) is 11.0 Å². The summed E-state index contributed by atoms with van der Waals surface area (Å²) in [6, 6.07) is 0. The molecule has 1 saturated heterocycles. The Morgan fingerprint density at radius 2 is 2.40 bits per heavy atom. The Kier molecular flexibility index (Phi) is 3.71. The van der Waals surface area contributed by atoms with Crippen LogP contribution in [-0.2, 0) is 4.74 Å². The van der Waals surface area contributed by atoms with Crippen molar-refractivity contribution in [1.29, 1.82) is 0 Å². The van der Waals surface area contributed by atoms with Crippen LogP contribution in [0.1, 0.15) is 13.2 Å². The van der Waals surface area contributed by atoms with Crippen molar-refractivity contribution in [2.45, 2.75) is 31.0 Å². The molecule has 9 heteroatoms. The Hall–Kier alpha value is -2.02. The van der Waals surface area contributed by atoms with E-state index in [4.69, 9.17) is 15.6 Å². The molecule has 2 rings (SSSR count). The number of hydrogen-bond donors (Lipinski definition) is 3. The summed E-state index contributed by atoms with van der Waals surface area (Å²) in [5, 5.41) is 22.6. The molecule has 20 heavy (non-hydrogen) atoms. The highest BCUT2D eigenvalue weighted by Gasteiger charge is 2.58. The van der Waals surface area contributed by atoms with Gasteiger partial charge < -0.3 is 20.7 Å². The minimum Gasteiger partial charge on any atom is -0.394 e. The van der Waals surface area contributed by atoms with E-state index in [1.165, 1.54) is 6.92 Å². The number of rotatable bonds is 2. The minimum absolute atomic E-state index is 0.130. The Morgan fingerprint density at radius 3 is 2.95 bits per heavy atom. The molecule has 1 fully saturated rings. The Labute approximate surface area is 113 Å². The van der Waals surface area contributed by atoms with Gasteiger partial charge in [-0.25, -0.2) is 9.18 Å². The fourth-order valence-electron chi connectivity index (χ4n) is 1.98. The van der Waals surface area contributed by atoms with Crippen molar-refractivity contribution in [1.82, 2.24) is 14.8 Å². The molecule has 108 valence electrons. The molecule has 4 N–H and O–H groups in total. The summed E-state index contributed by atoms with van der Waals surface area (Å²) in [5.74, 6) is 4.35. The number of aromatic nitrogens is 3. The average Bonchev–Trinajstić information content (AvgIpc) is 2.63. The molecule has 0 bridgehead atoms. The third kappa shape index (κ3) is 2.14. The van der Waals surface area contributed by atoms with Crippen molar-refractivity contribution >= 4 is 5.82 Å². The van der Waals surface area contributed by atoms with Gasteiger partial charge >= 0.3 is 5.69 Å². The smallest absolute Gasteiger partial charge is 0.368 e. The van der Waals surface area contributed by atoms with E-state index in [9.17, 15) is 14.3 Å². The molecular weight excluding hydrogens is 271 g/mol. The van der Waals surface area contributed by atoms with Gasteiger partial charge in [0.05, 0.1) is 12.8 Å². The van der Waals surface area contributed by atoms with Gasteiger partial charge in [-0.05, 0) is 6.92 Å². The Bertz CT molecular complexity index is 625. The van der Waals surface area contributed by atoms with Crippen LogP contribution in [0, 0.1) is 11.8 Å². The first-order valence-corrected chi connectivity index (χ1v) is 5.72. The van der Waals surface area contributed by atoms with E-state index in [-0.39, 0.29) is 5.82 Å². The topological polar surface area (TPSA) is 123 Å². The molecule has 1 aliphatic rings.